The third-order valence-electron chi connectivity index (χ3n) is 2.58. The van der Waals surface area contributed by atoms with Crippen LogP contribution in [0.2, 0.25) is 0 Å². The van der Waals surface area contributed by atoms with E-state index < -0.39 is 5.82 Å². The molecule has 1 amide bonds. The van der Waals surface area contributed by atoms with Gasteiger partial charge in [0.05, 0.1) is 17.7 Å². The minimum Gasteiger partial charge on any atom is -0.468 e. The van der Waals surface area contributed by atoms with Crippen molar-refractivity contribution in [3.05, 3.63) is 48.2 Å². The lowest BCUT2D eigenvalue weighted by molar-refractivity contribution is -0.115. The zero-order chi connectivity index (χ0) is 14.4. The van der Waals surface area contributed by atoms with E-state index in [4.69, 9.17) is 10.2 Å². The van der Waals surface area contributed by atoms with Crippen molar-refractivity contribution >= 4 is 29.0 Å². The number of rotatable bonds is 6. The number of halogens is 1. The topological polar surface area (TPSA) is 68.3 Å². The number of nitrogens with two attached hydrogens (primary N) is 1. The molecule has 0 unspecified atom stereocenters. The van der Waals surface area contributed by atoms with E-state index in [1.165, 1.54) is 18.2 Å². The summed E-state index contributed by atoms with van der Waals surface area (Å²) in [7, 11) is 0. The molecule has 1 heterocycles. The lowest BCUT2D eigenvalue weighted by Crippen LogP contribution is -2.12. The molecule has 1 aromatic carbocycles. The Bertz CT molecular complexity index is 573. The Labute approximate surface area is 120 Å². The van der Waals surface area contributed by atoms with Crippen LogP contribution in [0.3, 0.4) is 0 Å². The molecule has 106 valence electrons. The molecule has 2 rings (SSSR count). The average Bonchev–Trinajstić information content (AvgIpc) is 2.92. The third-order valence-corrected chi connectivity index (χ3v) is 3.56. The number of hydrogen-bond acceptors (Lipinski definition) is 4. The number of amides is 1. The second-order valence-electron chi connectivity index (χ2n) is 4.17. The number of anilines is 2. The molecule has 0 saturated heterocycles. The number of hydrogen-bond donors (Lipinski definition) is 2. The van der Waals surface area contributed by atoms with Crippen LogP contribution >= 0.6 is 11.8 Å². The molecule has 0 radical (unpaired) electrons. The van der Waals surface area contributed by atoms with E-state index in [0.717, 1.165) is 11.5 Å². The van der Waals surface area contributed by atoms with Gasteiger partial charge in [-0.1, -0.05) is 0 Å². The number of nitrogens with one attached hydrogen (secondary N) is 1. The molecular weight excluding hydrogens is 279 g/mol. The van der Waals surface area contributed by atoms with Gasteiger partial charge in [0, 0.05) is 17.9 Å². The van der Waals surface area contributed by atoms with Crippen molar-refractivity contribution in [2.24, 2.45) is 0 Å². The Morgan fingerprint density at radius 3 is 2.95 bits per heavy atom. The first-order chi connectivity index (χ1) is 9.65. The van der Waals surface area contributed by atoms with Crippen molar-refractivity contribution in [3.63, 3.8) is 0 Å². The van der Waals surface area contributed by atoms with E-state index in [1.807, 2.05) is 12.1 Å². The van der Waals surface area contributed by atoms with Crippen molar-refractivity contribution < 1.29 is 13.6 Å². The SMILES string of the molecule is Nc1cc(NC(=O)CCSCc2ccco2)ccc1F. The number of carbonyl (C=O) groups is 1. The Kier molecular flexibility index (Phi) is 5.06. The summed E-state index contributed by atoms with van der Waals surface area (Å²) in [4.78, 5) is 11.7. The normalized spacial score (nSPS) is 10.4. The van der Waals surface area contributed by atoms with E-state index in [1.54, 1.807) is 18.0 Å². The van der Waals surface area contributed by atoms with Gasteiger partial charge in [-0.15, -0.1) is 0 Å². The van der Waals surface area contributed by atoms with Crippen LogP contribution < -0.4 is 11.1 Å². The average molecular weight is 294 g/mol. The van der Waals surface area contributed by atoms with Gasteiger partial charge in [-0.3, -0.25) is 4.79 Å². The zero-order valence-corrected chi connectivity index (χ0v) is 11.6. The molecule has 0 aliphatic heterocycles. The maximum absolute atomic E-state index is 13.0. The van der Waals surface area contributed by atoms with E-state index in [-0.39, 0.29) is 11.6 Å². The van der Waals surface area contributed by atoms with E-state index in [2.05, 4.69) is 5.32 Å². The summed E-state index contributed by atoms with van der Waals surface area (Å²) in [6, 6.07) is 7.86. The number of nitrogen functional groups attached to an aromatic ring is 1. The molecule has 3 N–H and O–H groups in total. The zero-order valence-electron chi connectivity index (χ0n) is 10.8. The van der Waals surface area contributed by atoms with Gasteiger partial charge in [-0.25, -0.2) is 4.39 Å². The number of thioether (sulfide) groups is 1. The summed E-state index contributed by atoms with van der Waals surface area (Å²) in [6.45, 7) is 0. The Morgan fingerprint density at radius 1 is 1.40 bits per heavy atom. The molecule has 0 spiro atoms. The Hall–Kier alpha value is -1.95. The second kappa shape index (κ2) is 7.00. The molecule has 2 aromatic rings. The summed E-state index contributed by atoms with van der Waals surface area (Å²) in [5.74, 6) is 1.70. The van der Waals surface area contributed by atoms with Crippen LogP contribution in [-0.2, 0) is 10.5 Å². The molecular formula is C14H15FN2O2S. The van der Waals surface area contributed by atoms with Gasteiger partial charge >= 0.3 is 0 Å². The third kappa shape index (κ3) is 4.31. The fraction of sp³-hybridized carbons (Fsp3) is 0.214. The smallest absolute Gasteiger partial charge is 0.225 e. The number of benzene rings is 1. The summed E-state index contributed by atoms with van der Waals surface area (Å²) >= 11 is 1.62. The summed E-state index contributed by atoms with van der Waals surface area (Å²) < 4.78 is 18.2. The number of furan rings is 1. The van der Waals surface area contributed by atoms with Crippen molar-refractivity contribution in [3.8, 4) is 0 Å². The summed E-state index contributed by atoms with van der Waals surface area (Å²) in [5.41, 5.74) is 5.96. The predicted octanol–water partition coefficient (Wildman–Crippen LogP) is 3.26. The minimum absolute atomic E-state index is 0.0231. The molecule has 20 heavy (non-hydrogen) atoms. The lowest BCUT2D eigenvalue weighted by Gasteiger charge is -2.06. The van der Waals surface area contributed by atoms with Crippen LogP contribution in [-0.4, -0.2) is 11.7 Å². The molecule has 6 heteroatoms. The highest BCUT2D eigenvalue weighted by Crippen LogP contribution is 2.17. The Morgan fingerprint density at radius 2 is 2.25 bits per heavy atom. The fourth-order valence-electron chi connectivity index (χ4n) is 1.58. The van der Waals surface area contributed by atoms with Crippen LogP contribution in [0.1, 0.15) is 12.2 Å². The molecule has 0 saturated carbocycles. The molecule has 0 bridgehead atoms. The van der Waals surface area contributed by atoms with Crippen molar-refractivity contribution in [1.82, 2.24) is 0 Å². The van der Waals surface area contributed by atoms with E-state index in [9.17, 15) is 9.18 Å². The van der Waals surface area contributed by atoms with Crippen molar-refractivity contribution in [1.29, 1.82) is 0 Å². The van der Waals surface area contributed by atoms with Gasteiger partial charge in [0.2, 0.25) is 5.91 Å². The minimum atomic E-state index is -0.489. The highest BCUT2D eigenvalue weighted by molar-refractivity contribution is 7.98. The summed E-state index contributed by atoms with van der Waals surface area (Å²) in [5, 5.41) is 2.68. The molecule has 0 fully saturated rings. The predicted molar refractivity (Wildman–Crippen MR) is 78.9 cm³/mol. The van der Waals surface area contributed by atoms with Crippen LogP contribution in [0.4, 0.5) is 15.8 Å². The van der Waals surface area contributed by atoms with Crippen LogP contribution in [0.5, 0.6) is 0 Å². The molecule has 4 nitrogen and oxygen atoms in total. The summed E-state index contributed by atoms with van der Waals surface area (Å²) in [6.07, 6.45) is 2.00. The van der Waals surface area contributed by atoms with Gasteiger partial charge in [0.15, 0.2) is 0 Å². The van der Waals surface area contributed by atoms with Gasteiger partial charge in [-0.05, 0) is 30.3 Å². The maximum atomic E-state index is 13.0. The van der Waals surface area contributed by atoms with Crippen molar-refractivity contribution in [2.45, 2.75) is 12.2 Å². The maximum Gasteiger partial charge on any atom is 0.225 e. The van der Waals surface area contributed by atoms with Gasteiger partial charge in [-0.2, -0.15) is 11.8 Å². The second-order valence-corrected chi connectivity index (χ2v) is 5.27. The Balaban J connectivity index is 1.71. The van der Waals surface area contributed by atoms with E-state index >= 15 is 0 Å². The van der Waals surface area contributed by atoms with Gasteiger partial charge in [0.25, 0.3) is 0 Å². The fourth-order valence-corrected chi connectivity index (χ4v) is 2.42. The monoisotopic (exact) mass is 294 g/mol. The molecule has 0 aliphatic carbocycles. The van der Waals surface area contributed by atoms with Crippen LogP contribution in [0.25, 0.3) is 0 Å². The standard InChI is InChI=1S/C14H15FN2O2S/c15-12-4-3-10(8-13(12)16)17-14(18)5-7-20-9-11-2-1-6-19-11/h1-4,6,8H,5,7,9,16H2,(H,17,18). The lowest BCUT2D eigenvalue weighted by atomic mass is 10.2. The molecule has 0 atom stereocenters. The first-order valence-corrected chi connectivity index (χ1v) is 7.25. The first kappa shape index (κ1) is 14.5. The molecule has 0 aliphatic rings. The van der Waals surface area contributed by atoms with E-state index in [0.29, 0.717) is 17.9 Å². The van der Waals surface area contributed by atoms with Crippen molar-refractivity contribution in [2.75, 3.05) is 16.8 Å². The first-order valence-electron chi connectivity index (χ1n) is 6.10. The van der Waals surface area contributed by atoms with Gasteiger partial charge < -0.3 is 15.5 Å². The highest BCUT2D eigenvalue weighted by atomic mass is 32.2. The number of carbonyl (C=O) groups excluding carboxylic acids is 1. The molecule has 1 aromatic heterocycles. The van der Waals surface area contributed by atoms with Crippen LogP contribution in [0, 0.1) is 5.82 Å². The highest BCUT2D eigenvalue weighted by Gasteiger charge is 2.05. The van der Waals surface area contributed by atoms with Gasteiger partial charge in [0.1, 0.15) is 11.6 Å². The largest absolute Gasteiger partial charge is 0.468 e. The quantitative estimate of drug-likeness (QED) is 0.634. The van der Waals surface area contributed by atoms with Crippen LogP contribution in [0.15, 0.2) is 41.0 Å².